The Morgan fingerprint density at radius 1 is 1.50 bits per heavy atom. The number of rotatable bonds is 0. The van der Waals surface area contributed by atoms with Crippen molar-refractivity contribution in [2.24, 2.45) is 11.8 Å². The minimum atomic E-state index is 0.656. The lowest BCUT2D eigenvalue weighted by atomic mass is 9.94. The van der Waals surface area contributed by atoms with Gasteiger partial charge in [-0.05, 0) is 31.6 Å². The maximum atomic E-state index is 3.59. The molecular formula is C7H11N. The van der Waals surface area contributed by atoms with Gasteiger partial charge in [0.25, 0.3) is 0 Å². The average Bonchev–Trinajstić information content (AvgIpc) is 2.15. The zero-order valence-corrected chi connectivity index (χ0v) is 5.15. The second-order valence-electron chi connectivity index (χ2n) is 3.74. The smallest absolute Gasteiger partial charge is 0.0234 e. The summed E-state index contributed by atoms with van der Waals surface area (Å²) < 4.78 is 0. The van der Waals surface area contributed by atoms with Crippen LogP contribution in [0.4, 0.5) is 0 Å². The fourth-order valence-electron chi connectivity index (χ4n) is 3.02. The van der Waals surface area contributed by atoms with Gasteiger partial charge in [0.1, 0.15) is 0 Å². The SMILES string of the molecule is CC12NC3CCC1C32. The first kappa shape index (κ1) is 3.89. The summed E-state index contributed by atoms with van der Waals surface area (Å²) in [5.74, 6) is 2.20. The molecule has 0 amide bonds. The Balaban J connectivity index is 2.05. The fourth-order valence-corrected chi connectivity index (χ4v) is 3.02. The Bertz CT molecular complexity index is 148. The third-order valence-electron chi connectivity index (χ3n) is 3.51. The number of hydrogen-bond donors (Lipinski definition) is 1. The highest BCUT2D eigenvalue weighted by Gasteiger charge is 2.75. The first-order valence-electron chi connectivity index (χ1n) is 3.60. The van der Waals surface area contributed by atoms with Crippen molar-refractivity contribution >= 4 is 0 Å². The Hall–Kier alpha value is -0.0400. The third kappa shape index (κ3) is 0.188. The van der Waals surface area contributed by atoms with Crippen molar-refractivity contribution in [3.05, 3.63) is 0 Å². The summed E-state index contributed by atoms with van der Waals surface area (Å²) in [6.45, 7) is 2.37. The van der Waals surface area contributed by atoms with Crippen LogP contribution in [0.2, 0.25) is 0 Å². The molecule has 8 heavy (non-hydrogen) atoms. The maximum Gasteiger partial charge on any atom is 0.0234 e. The molecule has 1 N–H and O–H groups in total. The van der Waals surface area contributed by atoms with Gasteiger partial charge in [0.2, 0.25) is 0 Å². The molecule has 2 saturated carbocycles. The Labute approximate surface area is 49.5 Å². The molecule has 44 valence electrons. The van der Waals surface area contributed by atoms with Gasteiger partial charge in [-0.1, -0.05) is 0 Å². The lowest BCUT2D eigenvalue weighted by Gasteiger charge is -2.35. The second kappa shape index (κ2) is 0.766. The summed E-state index contributed by atoms with van der Waals surface area (Å²) in [4.78, 5) is 0. The zero-order valence-electron chi connectivity index (χ0n) is 5.15. The van der Waals surface area contributed by atoms with Gasteiger partial charge in [-0.2, -0.15) is 0 Å². The average molecular weight is 109 g/mol. The molecule has 3 fully saturated rings. The highest BCUT2D eigenvalue weighted by Crippen LogP contribution is 2.67. The fraction of sp³-hybridized carbons (Fsp3) is 1.00. The molecule has 1 nitrogen and oxygen atoms in total. The van der Waals surface area contributed by atoms with E-state index in [2.05, 4.69) is 12.2 Å². The molecule has 0 spiro atoms. The number of hydrogen-bond acceptors (Lipinski definition) is 1. The quantitative estimate of drug-likeness (QED) is 0.484. The monoisotopic (exact) mass is 109 g/mol. The molecule has 1 heteroatoms. The predicted octanol–water partition coefficient (Wildman–Crippen LogP) is 0.757. The lowest BCUT2D eigenvalue weighted by Crippen LogP contribution is -2.53. The lowest BCUT2D eigenvalue weighted by molar-refractivity contribution is 0.242. The molecule has 2 aliphatic carbocycles. The van der Waals surface area contributed by atoms with Gasteiger partial charge in [0.15, 0.2) is 0 Å². The first-order valence-corrected chi connectivity index (χ1v) is 3.60. The van der Waals surface area contributed by atoms with Crippen molar-refractivity contribution in [1.29, 1.82) is 0 Å². The van der Waals surface area contributed by atoms with Crippen molar-refractivity contribution < 1.29 is 0 Å². The van der Waals surface area contributed by atoms with E-state index in [-0.39, 0.29) is 0 Å². The molecule has 0 aromatic carbocycles. The van der Waals surface area contributed by atoms with Crippen molar-refractivity contribution in [2.45, 2.75) is 31.3 Å². The highest BCUT2D eigenvalue weighted by atomic mass is 15.2. The van der Waals surface area contributed by atoms with Crippen LogP contribution in [0.25, 0.3) is 0 Å². The Kier molecular flexibility index (Phi) is 0.372. The minimum absolute atomic E-state index is 0.656. The molecule has 3 rings (SSSR count). The number of nitrogens with one attached hydrogen (secondary N) is 1. The normalized spacial score (nSPS) is 73.9. The molecule has 0 radical (unpaired) electrons. The van der Waals surface area contributed by atoms with Crippen LogP contribution in [0.5, 0.6) is 0 Å². The van der Waals surface area contributed by atoms with Gasteiger partial charge in [-0.25, -0.2) is 0 Å². The summed E-state index contributed by atoms with van der Waals surface area (Å²) in [5.41, 5.74) is 0.656. The van der Waals surface area contributed by atoms with Crippen molar-refractivity contribution in [3.63, 3.8) is 0 Å². The largest absolute Gasteiger partial charge is 0.308 e. The van der Waals surface area contributed by atoms with Crippen LogP contribution in [0.3, 0.4) is 0 Å². The van der Waals surface area contributed by atoms with E-state index >= 15 is 0 Å². The van der Waals surface area contributed by atoms with Gasteiger partial charge in [-0.15, -0.1) is 0 Å². The van der Waals surface area contributed by atoms with E-state index in [9.17, 15) is 0 Å². The summed E-state index contributed by atoms with van der Waals surface area (Å²) in [5, 5.41) is 3.59. The van der Waals surface area contributed by atoms with Gasteiger partial charge >= 0.3 is 0 Å². The number of piperidine rings is 1. The molecule has 4 atom stereocenters. The van der Waals surface area contributed by atoms with E-state index in [0.29, 0.717) is 5.54 Å². The van der Waals surface area contributed by atoms with Crippen LogP contribution in [0.15, 0.2) is 0 Å². The number of fused-ring (bicyclic) bond motifs is 1. The van der Waals surface area contributed by atoms with E-state index < -0.39 is 0 Å². The topological polar surface area (TPSA) is 12.0 Å². The van der Waals surface area contributed by atoms with Crippen LogP contribution in [-0.2, 0) is 0 Å². The zero-order chi connectivity index (χ0) is 5.35. The molecule has 1 saturated heterocycles. The summed E-state index contributed by atoms with van der Waals surface area (Å²) in [7, 11) is 0. The molecule has 0 aromatic rings. The predicted molar refractivity (Wildman–Crippen MR) is 31.5 cm³/mol. The van der Waals surface area contributed by atoms with Crippen molar-refractivity contribution in [1.82, 2.24) is 5.32 Å². The van der Waals surface area contributed by atoms with Gasteiger partial charge in [0.05, 0.1) is 0 Å². The van der Waals surface area contributed by atoms with Gasteiger partial charge in [-0.3, -0.25) is 0 Å². The first-order chi connectivity index (χ1) is 3.82. The van der Waals surface area contributed by atoms with E-state index in [1.165, 1.54) is 12.8 Å². The maximum absolute atomic E-state index is 3.59. The highest BCUT2D eigenvalue weighted by molar-refractivity contribution is 5.31. The van der Waals surface area contributed by atoms with Crippen LogP contribution in [0.1, 0.15) is 19.8 Å². The van der Waals surface area contributed by atoms with E-state index in [1.807, 2.05) is 0 Å². The van der Waals surface area contributed by atoms with Crippen LogP contribution in [-0.4, -0.2) is 11.6 Å². The Morgan fingerprint density at radius 3 is 2.62 bits per heavy atom. The van der Waals surface area contributed by atoms with E-state index in [0.717, 1.165) is 17.9 Å². The van der Waals surface area contributed by atoms with E-state index in [1.54, 1.807) is 0 Å². The third-order valence-corrected chi connectivity index (χ3v) is 3.51. The molecule has 0 aromatic heterocycles. The second-order valence-corrected chi connectivity index (χ2v) is 3.74. The van der Waals surface area contributed by atoms with Gasteiger partial charge in [0, 0.05) is 11.6 Å². The molecule has 1 heterocycles. The Morgan fingerprint density at radius 2 is 2.38 bits per heavy atom. The minimum Gasteiger partial charge on any atom is -0.308 e. The van der Waals surface area contributed by atoms with Crippen molar-refractivity contribution in [3.8, 4) is 0 Å². The molecule has 3 aliphatic rings. The molecule has 4 unspecified atom stereocenters. The van der Waals surface area contributed by atoms with E-state index in [4.69, 9.17) is 0 Å². The van der Waals surface area contributed by atoms with Crippen LogP contribution in [0, 0.1) is 11.8 Å². The molecule has 0 bridgehead atoms. The summed E-state index contributed by atoms with van der Waals surface area (Å²) in [6, 6.07) is 0.949. The van der Waals surface area contributed by atoms with Crippen LogP contribution < -0.4 is 5.32 Å². The standard InChI is InChI=1S/C7H11N/c1-7-4-2-3-5(8-7)6(4)7/h4-6,8H,2-3H2,1H3. The van der Waals surface area contributed by atoms with Crippen molar-refractivity contribution in [2.75, 3.05) is 0 Å². The van der Waals surface area contributed by atoms with Crippen LogP contribution >= 0.6 is 0 Å². The molecular weight excluding hydrogens is 98.1 g/mol. The molecule has 1 aliphatic heterocycles. The summed E-state index contributed by atoms with van der Waals surface area (Å²) in [6.07, 6.45) is 2.98. The summed E-state index contributed by atoms with van der Waals surface area (Å²) >= 11 is 0. The van der Waals surface area contributed by atoms with Gasteiger partial charge < -0.3 is 5.32 Å².